The molecule has 19 heavy (non-hydrogen) atoms. The predicted octanol–water partition coefficient (Wildman–Crippen LogP) is 3.01. The van der Waals surface area contributed by atoms with Crippen molar-refractivity contribution in [3.63, 3.8) is 0 Å². The van der Waals surface area contributed by atoms with Crippen LogP contribution in [0, 0.1) is 0 Å². The van der Waals surface area contributed by atoms with E-state index in [1.54, 1.807) is 17.6 Å². The number of aromatic nitrogens is 1. The summed E-state index contributed by atoms with van der Waals surface area (Å²) in [5.74, 6) is 0.847. The van der Waals surface area contributed by atoms with Gasteiger partial charge in [0.2, 0.25) is 0 Å². The Morgan fingerprint density at radius 1 is 1.47 bits per heavy atom. The van der Waals surface area contributed by atoms with E-state index in [1.807, 2.05) is 12.1 Å². The third-order valence-electron chi connectivity index (χ3n) is 3.39. The van der Waals surface area contributed by atoms with Gasteiger partial charge in [0.05, 0.1) is 24.7 Å². The Balaban J connectivity index is 1.70. The van der Waals surface area contributed by atoms with Crippen molar-refractivity contribution in [2.75, 3.05) is 13.2 Å². The molecule has 0 bridgehead atoms. The zero-order chi connectivity index (χ0) is 13.2. The highest BCUT2D eigenvalue weighted by Crippen LogP contribution is 2.25. The van der Waals surface area contributed by atoms with Crippen LogP contribution in [0.4, 0.5) is 0 Å². The second-order valence-corrected chi connectivity index (χ2v) is 5.90. The lowest BCUT2D eigenvalue weighted by Gasteiger charge is -2.36. The third kappa shape index (κ3) is 2.88. The maximum absolute atomic E-state index is 5.65. The van der Waals surface area contributed by atoms with Crippen LogP contribution in [0.25, 0.3) is 10.8 Å². The molecular formula is C14H18N2O2S. The van der Waals surface area contributed by atoms with Crippen LogP contribution in [0.3, 0.4) is 0 Å². The van der Waals surface area contributed by atoms with Crippen LogP contribution < -0.4 is 0 Å². The summed E-state index contributed by atoms with van der Waals surface area (Å²) in [6.07, 6.45) is 1.99. The Kier molecular flexibility index (Phi) is 3.68. The zero-order valence-corrected chi connectivity index (χ0v) is 12.0. The fourth-order valence-corrected chi connectivity index (χ4v) is 3.07. The summed E-state index contributed by atoms with van der Waals surface area (Å²) in [6.45, 7) is 6.97. The number of rotatable bonds is 3. The molecule has 102 valence electrons. The SMILES string of the molecule is C[C@H]1CN(Cc2csc(-c3ccco3)n2)[C@@H](C)CO1. The molecule has 2 aromatic rings. The highest BCUT2D eigenvalue weighted by atomic mass is 32.1. The van der Waals surface area contributed by atoms with Crippen LogP contribution in [0.2, 0.25) is 0 Å². The van der Waals surface area contributed by atoms with Crippen molar-refractivity contribution in [2.24, 2.45) is 0 Å². The van der Waals surface area contributed by atoms with E-state index in [0.29, 0.717) is 12.1 Å². The van der Waals surface area contributed by atoms with Crippen LogP contribution in [0.5, 0.6) is 0 Å². The molecule has 0 radical (unpaired) electrons. The fourth-order valence-electron chi connectivity index (χ4n) is 2.29. The average molecular weight is 278 g/mol. The second-order valence-electron chi connectivity index (χ2n) is 5.04. The van der Waals surface area contributed by atoms with Gasteiger partial charge in [0.1, 0.15) is 0 Å². The van der Waals surface area contributed by atoms with Gasteiger partial charge in [0, 0.05) is 24.5 Å². The van der Waals surface area contributed by atoms with Crippen molar-refractivity contribution in [3.05, 3.63) is 29.5 Å². The lowest BCUT2D eigenvalue weighted by Crippen LogP contribution is -2.46. The summed E-state index contributed by atoms with van der Waals surface area (Å²) in [5, 5.41) is 3.07. The van der Waals surface area contributed by atoms with Crippen LogP contribution in [-0.4, -0.2) is 35.2 Å². The van der Waals surface area contributed by atoms with E-state index in [-0.39, 0.29) is 0 Å². The molecule has 0 saturated carbocycles. The van der Waals surface area contributed by atoms with Gasteiger partial charge in [-0.2, -0.15) is 0 Å². The molecule has 0 aromatic carbocycles. The van der Waals surface area contributed by atoms with Crippen LogP contribution >= 0.6 is 11.3 Å². The highest BCUT2D eigenvalue weighted by Gasteiger charge is 2.24. The van der Waals surface area contributed by atoms with Crippen molar-refractivity contribution in [1.82, 2.24) is 9.88 Å². The largest absolute Gasteiger partial charge is 0.462 e. The molecule has 0 spiro atoms. The summed E-state index contributed by atoms with van der Waals surface area (Å²) < 4.78 is 11.0. The second kappa shape index (κ2) is 5.45. The number of furan rings is 1. The summed E-state index contributed by atoms with van der Waals surface area (Å²) >= 11 is 1.64. The van der Waals surface area contributed by atoms with Crippen LogP contribution in [0.15, 0.2) is 28.2 Å². The molecule has 2 aromatic heterocycles. The van der Waals surface area contributed by atoms with Crippen LogP contribution in [0.1, 0.15) is 19.5 Å². The molecule has 0 amide bonds. The Labute approximate surface area is 117 Å². The Bertz CT molecular complexity index is 523. The molecule has 3 heterocycles. The van der Waals surface area contributed by atoms with E-state index in [1.165, 1.54) is 0 Å². The topological polar surface area (TPSA) is 38.5 Å². The molecule has 1 aliphatic heterocycles. The zero-order valence-electron chi connectivity index (χ0n) is 11.2. The summed E-state index contributed by atoms with van der Waals surface area (Å²) in [6, 6.07) is 4.29. The number of hydrogen-bond acceptors (Lipinski definition) is 5. The van der Waals surface area contributed by atoms with Gasteiger partial charge in [-0.15, -0.1) is 11.3 Å². The van der Waals surface area contributed by atoms with Gasteiger partial charge in [0.15, 0.2) is 10.8 Å². The van der Waals surface area contributed by atoms with Gasteiger partial charge >= 0.3 is 0 Å². The summed E-state index contributed by atoms with van der Waals surface area (Å²) in [7, 11) is 0. The first-order chi connectivity index (χ1) is 9.22. The molecule has 0 unspecified atom stereocenters. The molecule has 0 N–H and O–H groups in total. The van der Waals surface area contributed by atoms with Crippen molar-refractivity contribution >= 4 is 11.3 Å². The minimum absolute atomic E-state index is 0.305. The molecule has 1 aliphatic rings. The molecule has 0 aliphatic carbocycles. The summed E-state index contributed by atoms with van der Waals surface area (Å²) in [5.41, 5.74) is 1.11. The number of morpholine rings is 1. The molecular weight excluding hydrogens is 260 g/mol. The number of thiazole rings is 1. The quantitative estimate of drug-likeness (QED) is 0.865. The van der Waals surface area contributed by atoms with E-state index in [9.17, 15) is 0 Å². The predicted molar refractivity (Wildman–Crippen MR) is 75.1 cm³/mol. The van der Waals surface area contributed by atoms with E-state index in [4.69, 9.17) is 9.15 Å². The Morgan fingerprint density at radius 2 is 2.37 bits per heavy atom. The van der Waals surface area contributed by atoms with E-state index < -0.39 is 0 Å². The lowest BCUT2D eigenvalue weighted by atomic mass is 10.2. The molecule has 3 rings (SSSR count). The monoisotopic (exact) mass is 278 g/mol. The van der Waals surface area contributed by atoms with Crippen molar-refractivity contribution in [3.8, 4) is 10.8 Å². The van der Waals surface area contributed by atoms with Gasteiger partial charge in [0.25, 0.3) is 0 Å². The highest BCUT2D eigenvalue weighted by molar-refractivity contribution is 7.13. The van der Waals surface area contributed by atoms with Gasteiger partial charge in [-0.05, 0) is 26.0 Å². The van der Waals surface area contributed by atoms with E-state index in [2.05, 4.69) is 29.1 Å². The number of hydrogen-bond donors (Lipinski definition) is 0. The van der Waals surface area contributed by atoms with E-state index in [0.717, 1.165) is 36.2 Å². The first-order valence-corrected chi connectivity index (χ1v) is 7.44. The van der Waals surface area contributed by atoms with Crippen LogP contribution in [-0.2, 0) is 11.3 Å². The third-order valence-corrected chi connectivity index (χ3v) is 4.29. The van der Waals surface area contributed by atoms with Gasteiger partial charge < -0.3 is 9.15 Å². The minimum atomic E-state index is 0.305. The normalized spacial score (nSPS) is 24.7. The maximum atomic E-state index is 5.65. The van der Waals surface area contributed by atoms with Crippen molar-refractivity contribution < 1.29 is 9.15 Å². The lowest BCUT2D eigenvalue weighted by molar-refractivity contribution is -0.0530. The van der Waals surface area contributed by atoms with Gasteiger partial charge in [-0.3, -0.25) is 4.90 Å². The first kappa shape index (κ1) is 12.8. The average Bonchev–Trinajstić information content (AvgIpc) is 3.04. The molecule has 1 fully saturated rings. The number of nitrogens with zero attached hydrogens (tertiary/aromatic N) is 2. The minimum Gasteiger partial charge on any atom is -0.462 e. The fraction of sp³-hybridized carbons (Fsp3) is 0.500. The van der Waals surface area contributed by atoms with Gasteiger partial charge in [-0.25, -0.2) is 4.98 Å². The molecule has 2 atom stereocenters. The Morgan fingerprint density at radius 3 is 3.16 bits per heavy atom. The molecule has 4 nitrogen and oxygen atoms in total. The van der Waals surface area contributed by atoms with Gasteiger partial charge in [-0.1, -0.05) is 0 Å². The summed E-state index contributed by atoms with van der Waals surface area (Å²) in [4.78, 5) is 7.07. The first-order valence-electron chi connectivity index (χ1n) is 6.56. The number of ether oxygens (including phenoxy) is 1. The smallest absolute Gasteiger partial charge is 0.162 e. The standard InChI is InChI=1S/C14H18N2O2S/c1-10-8-18-11(2)6-16(10)7-12-9-19-14(15-12)13-4-3-5-17-13/h3-5,9-11H,6-8H2,1-2H3/t10-,11-/m0/s1. The van der Waals surface area contributed by atoms with Crippen molar-refractivity contribution in [2.45, 2.75) is 32.5 Å². The molecule has 1 saturated heterocycles. The van der Waals surface area contributed by atoms with Crippen molar-refractivity contribution in [1.29, 1.82) is 0 Å². The van der Waals surface area contributed by atoms with E-state index >= 15 is 0 Å². The Hall–Kier alpha value is -1.17. The maximum Gasteiger partial charge on any atom is 0.162 e. The molecule has 5 heteroatoms.